The number of furan rings is 1. The van der Waals surface area contributed by atoms with Gasteiger partial charge in [0.15, 0.2) is 0 Å². The third-order valence-corrected chi connectivity index (χ3v) is 13.7. The Labute approximate surface area is 386 Å². The summed E-state index contributed by atoms with van der Waals surface area (Å²) in [5, 5.41) is 3.63. The fourth-order valence-electron chi connectivity index (χ4n) is 8.36. The Morgan fingerprint density at radius 2 is 1.33 bits per heavy atom. The number of benzene rings is 7. The molecule has 0 N–H and O–H groups in total. The van der Waals surface area contributed by atoms with Gasteiger partial charge in [0.1, 0.15) is 5.58 Å². The fraction of sp³-hybridized carbons (Fsp3) is 0.158. The Balaban J connectivity index is 0.000000203. The van der Waals surface area contributed by atoms with Crippen LogP contribution in [0.15, 0.2) is 174 Å². The van der Waals surface area contributed by atoms with Crippen LogP contribution in [0.1, 0.15) is 50.7 Å². The third kappa shape index (κ3) is 8.77. The zero-order valence-corrected chi connectivity index (χ0v) is 40.3. The van der Waals surface area contributed by atoms with Crippen molar-refractivity contribution in [2.45, 2.75) is 59.2 Å². The van der Waals surface area contributed by atoms with E-state index in [0.717, 1.165) is 78.0 Å². The second kappa shape index (κ2) is 18.3. The standard InChI is InChI=1S/C37H23N2O.C20H28NSi.Ir/c1-3-12-25(13-4-1)27-22-23-28(26-14-5-2-6-15-26)34(24-27)39-33-20-9-8-19-32(33)38-37(39)31-18-11-17-30-29-16-7-10-21-35(29)40-36(30)31;1-14(2)16-8-10-17(11-9-16)19-12-18(15(3)4)20(13-21-19)22(5,6)7;/h1-17,19-24H;8-10,12-15H,1-7H3;/q2*-1;. The van der Waals surface area contributed by atoms with Crippen molar-refractivity contribution in [1.82, 2.24) is 14.5 Å². The van der Waals surface area contributed by atoms with Gasteiger partial charge in [0.05, 0.1) is 30.5 Å². The van der Waals surface area contributed by atoms with Gasteiger partial charge in [-0.15, -0.1) is 53.6 Å². The number of pyridine rings is 1. The van der Waals surface area contributed by atoms with Crippen molar-refractivity contribution in [3.05, 3.63) is 193 Å². The number of fused-ring (bicyclic) bond motifs is 4. The molecule has 1 radical (unpaired) electrons. The van der Waals surface area contributed by atoms with E-state index in [2.05, 4.69) is 198 Å². The normalized spacial score (nSPS) is 11.6. The van der Waals surface area contributed by atoms with Crippen molar-refractivity contribution >= 4 is 46.2 Å². The second-order valence-electron chi connectivity index (χ2n) is 17.7. The van der Waals surface area contributed by atoms with Crippen LogP contribution in [0.25, 0.3) is 83.6 Å². The maximum atomic E-state index is 6.45. The number of hydrogen-bond acceptors (Lipinski definition) is 3. The first kappa shape index (κ1) is 43.5. The van der Waals surface area contributed by atoms with Gasteiger partial charge >= 0.3 is 0 Å². The van der Waals surface area contributed by atoms with Crippen molar-refractivity contribution in [3.63, 3.8) is 0 Å². The number of aromatic nitrogens is 3. The van der Waals surface area contributed by atoms with Crippen LogP contribution in [-0.2, 0) is 20.1 Å². The quantitative estimate of drug-likeness (QED) is 0.113. The van der Waals surface area contributed by atoms with Crippen molar-refractivity contribution < 1.29 is 24.5 Å². The molecule has 0 aliphatic heterocycles. The molecule has 0 amide bonds. The molecule has 0 bridgehead atoms. The van der Waals surface area contributed by atoms with E-state index in [4.69, 9.17) is 14.4 Å². The van der Waals surface area contributed by atoms with Gasteiger partial charge in [0, 0.05) is 42.9 Å². The molecule has 3 heterocycles. The molecular weight excluding hydrogens is 963 g/mol. The van der Waals surface area contributed by atoms with Crippen molar-refractivity contribution in [2.24, 2.45) is 0 Å². The maximum Gasteiger partial charge on any atom is 0.120 e. The Bertz CT molecular complexity index is 3160. The van der Waals surface area contributed by atoms with E-state index in [0.29, 0.717) is 11.8 Å². The molecule has 7 aromatic carbocycles. The van der Waals surface area contributed by atoms with E-state index < -0.39 is 8.07 Å². The summed E-state index contributed by atoms with van der Waals surface area (Å²) in [5.74, 6) is 1.87. The summed E-state index contributed by atoms with van der Waals surface area (Å²) in [6, 6.07) is 63.9. The minimum absolute atomic E-state index is 0. The summed E-state index contributed by atoms with van der Waals surface area (Å²) < 4.78 is 8.71. The number of hydrogen-bond donors (Lipinski definition) is 0. The molecule has 315 valence electrons. The molecule has 0 atom stereocenters. The summed E-state index contributed by atoms with van der Waals surface area (Å²) in [6.45, 7) is 16.1. The molecule has 0 saturated carbocycles. The zero-order valence-electron chi connectivity index (χ0n) is 36.9. The summed E-state index contributed by atoms with van der Waals surface area (Å²) in [7, 11) is -1.36. The average Bonchev–Trinajstić information content (AvgIpc) is 3.88. The first-order valence-corrected chi connectivity index (χ1v) is 25.1. The van der Waals surface area contributed by atoms with Gasteiger partial charge in [0.25, 0.3) is 0 Å². The van der Waals surface area contributed by atoms with Crippen molar-refractivity contribution in [1.29, 1.82) is 0 Å². The summed E-state index contributed by atoms with van der Waals surface area (Å²) in [6.07, 6.45) is 2.11. The molecular formula is C57H51IrN3OSi-2. The van der Waals surface area contributed by atoms with Crippen LogP contribution in [0.5, 0.6) is 0 Å². The summed E-state index contributed by atoms with van der Waals surface area (Å²) in [5.41, 5.74) is 15.0. The van der Waals surface area contributed by atoms with Crippen LogP contribution in [0.3, 0.4) is 0 Å². The molecule has 0 aliphatic rings. The molecule has 0 saturated heterocycles. The predicted octanol–water partition coefficient (Wildman–Crippen LogP) is 15.1. The first-order chi connectivity index (χ1) is 30.0. The van der Waals surface area contributed by atoms with Crippen molar-refractivity contribution in [3.8, 4) is 50.6 Å². The van der Waals surface area contributed by atoms with Gasteiger partial charge in [-0.05, 0) is 57.8 Å². The monoisotopic (exact) mass is 1010 g/mol. The summed E-state index contributed by atoms with van der Waals surface area (Å²) >= 11 is 0. The SMILES string of the molecule is CC(C)c1c[c-]c(-c2cc(C(C)C)c([Si](C)(C)C)cn2)cc1.[Ir].[c-]1ccc2c(oc3ccccc32)c1-c1nc2ccccc2n1-c1cc(-c2ccccc2)ccc1-c1ccccc1. The van der Waals surface area contributed by atoms with E-state index in [1.807, 2.05) is 36.4 Å². The smallest absolute Gasteiger partial charge is 0.120 e. The molecule has 63 heavy (non-hydrogen) atoms. The van der Waals surface area contributed by atoms with Crippen LogP contribution >= 0.6 is 0 Å². The van der Waals surface area contributed by atoms with Gasteiger partial charge in [0.2, 0.25) is 0 Å². The Kier molecular flexibility index (Phi) is 12.6. The van der Waals surface area contributed by atoms with Gasteiger partial charge in [-0.2, -0.15) is 0 Å². The largest absolute Gasteiger partial charge is 0.501 e. The van der Waals surface area contributed by atoms with Gasteiger partial charge in [-0.1, -0.05) is 179 Å². The van der Waals surface area contributed by atoms with E-state index >= 15 is 0 Å². The van der Waals surface area contributed by atoms with E-state index in [-0.39, 0.29) is 20.1 Å². The molecule has 0 unspecified atom stereocenters. The molecule has 10 aromatic rings. The zero-order chi connectivity index (χ0) is 43.0. The minimum Gasteiger partial charge on any atom is -0.501 e. The van der Waals surface area contributed by atoms with Crippen LogP contribution in [-0.4, -0.2) is 22.6 Å². The maximum absolute atomic E-state index is 6.45. The number of nitrogens with zero attached hydrogens (tertiary/aromatic N) is 3. The first-order valence-electron chi connectivity index (χ1n) is 21.6. The van der Waals surface area contributed by atoms with Crippen LogP contribution in [0.2, 0.25) is 19.6 Å². The molecule has 3 aromatic heterocycles. The van der Waals surface area contributed by atoms with E-state index in [1.165, 1.54) is 21.9 Å². The third-order valence-electron chi connectivity index (χ3n) is 11.7. The molecule has 10 rings (SSSR count). The second-order valence-corrected chi connectivity index (χ2v) is 22.7. The molecule has 0 spiro atoms. The topological polar surface area (TPSA) is 43.9 Å². The van der Waals surface area contributed by atoms with Crippen molar-refractivity contribution in [2.75, 3.05) is 0 Å². The molecule has 4 nitrogen and oxygen atoms in total. The summed E-state index contributed by atoms with van der Waals surface area (Å²) in [4.78, 5) is 9.92. The van der Waals surface area contributed by atoms with E-state index in [1.54, 1.807) is 0 Å². The number of para-hydroxylation sites is 3. The Morgan fingerprint density at radius 3 is 2.03 bits per heavy atom. The van der Waals surface area contributed by atoms with Gasteiger partial charge < -0.3 is 14.0 Å². The molecule has 0 fully saturated rings. The molecule has 0 aliphatic carbocycles. The average molecular weight is 1010 g/mol. The Morgan fingerprint density at radius 1 is 0.635 bits per heavy atom. The van der Waals surface area contributed by atoms with Gasteiger partial charge in [-0.25, -0.2) is 0 Å². The predicted molar refractivity (Wildman–Crippen MR) is 263 cm³/mol. The van der Waals surface area contributed by atoms with Crippen LogP contribution in [0, 0.1) is 12.1 Å². The van der Waals surface area contributed by atoms with E-state index in [9.17, 15) is 0 Å². The number of rotatable bonds is 8. The minimum atomic E-state index is -1.36. The van der Waals surface area contributed by atoms with Crippen LogP contribution < -0.4 is 5.19 Å². The number of imidazole rings is 1. The van der Waals surface area contributed by atoms with Gasteiger partial charge in [-0.3, -0.25) is 4.98 Å². The van der Waals surface area contributed by atoms with Crippen LogP contribution in [0.4, 0.5) is 0 Å². The molecule has 6 heteroatoms. The Hall–Kier alpha value is -6.17. The fourth-order valence-corrected chi connectivity index (χ4v) is 10.0.